The molecule has 2 fully saturated rings. The predicted molar refractivity (Wildman–Crippen MR) is 138 cm³/mol. The number of anilines is 1. The van der Waals surface area contributed by atoms with E-state index < -0.39 is 0 Å². The Kier molecular flexibility index (Phi) is 4.56. The van der Waals surface area contributed by atoms with Crippen LogP contribution in [0.3, 0.4) is 0 Å². The number of carbonyl (C=O) groups excluding carboxylic acids is 1. The number of imidazole rings is 1. The van der Waals surface area contributed by atoms with Gasteiger partial charge in [0.2, 0.25) is 5.78 Å². The van der Waals surface area contributed by atoms with E-state index in [1.54, 1.807) is 0 Å². The zero-order chi connectivity index (χ0) is 23.4. The highest BCUT2D eigenvalue weighted by Gasteiger charge is 2.48. The number of nitrogens with one attached hydrogen (secondary N) is 2. The van der Waals surface area contributed by atoms with Crippen LogP contribution in [0.25, 0.3) is 23.0 Å². The van der Waals surface area contributed by atoms with E-state index in [0.29, 0.717) is 17.4 Å². The molecule has 3 heterocycles. The van der Waals surface area contributed by atoms with Gasteiger partial charge < -0.3 is 10.6 Å². The Bertz CT molecular complexity index is 1470. The summed E-state index contributed by atoms with van der Waals surface area (Å²) >= 11 is 0. The van der Waals surface area contributed by atoms with Gasteiger partial charge in [-0.2, -0.15) is 0 Å². The van der Waals surface area contributed by atoms with Crippen molar-refractivity contribution in [3.63, 3.8) is 0 Å². The van der Waals surface area contributed by atoms with Crippen LogP contribution < -0.4 is 10.6 Å². The third kappa shape index (κ3) is 3.43. The molecule has 3 aliphatic rings. The molecule has 0 radical (unpaired) electrons. The van der Waals surface area contributed by atoms with Crippen molar-refractivity contribution in [1.82, 2.24) is 19.7 Å². The van der Waals surface area contributed by atoms with Gasteiger partial charge in [-0.1, -0.05) is 30.4 Å². The minimum Gasteiger partial charge on any atom is -0.381 e. The average molecular weight is 462 g/mol. The lowest BCUT2D eigenvalue weighted by molar-refractivity contribution is 0.0917. The van der Waals surface area contributed by atoms with E-state index in [1.807, 2.05) is 36.7 Å². The number of nitrogens with zero attached hydrogens (tertiary/aromatic N) is 3. The van der Waals surface area contributed by atoms with Gasteiger partial charge in [0.05, 0.1) is 11.9 Å². The second-order valence-corrected chi connectivity index (χ2v) is 10.0. The van der Waals surface area contributed by atoms with Crippen molar-refractivity contribution in [1.29, 1.82) is 0 Å². The molecule has 1 aliphatic heterocycles. The smallest absolute Gasteiger partial charge is 0.251 e. The van der Waals surface area contributed by atoms with Crippen molar-refractivity contribution in [2.45, 2.75) is 43.6 Å². The molecule has 35 heavy (non-hydrogen) atoms. The summed E-state index contributed by atoms with van der Waals surface area (Å²) in [5, 5.41) is 6.54. The first-order valence-electron chi connectivity index (χ1n) is 12.5. The Morgan fingerprint density at radius 1 is 1.03 bits per heavy atom. The molecule has 2 N–H and O–H groups in total. The summed E-state index contributed by atoms with van der Waals surface area (Å²) in [4.78, 5) is 21.8. The molecular formula is C29H27N5O. The minimum absolute atomic E-state index is 0.0116. The van der Waals surface area contributed by atoms with E-state index in [2.05, 4.69) is 61.6 Å². The Labute approximate surface area is 204 Å². The summed E-state index contributed by atoms with van der Waals surface area (Å²) in [5.41, 5.74) is 7.68. The normalized spacial score (nSPS) is 17.9. The van der Waals surface area contributed by atoms with Crippen LogP contribution in [0.4, 0.5) is 5.69 Å². The Morgan fingerprint density at radius 2 is 1.86 bits per heavy atom. The van der Waals surface area contributed by atoms with Crippen molar-refractivity contribution >= 4 is 23.4 Å². The van der Waals surface area contributed by atoms with Crippen LogP contribution in [0.2, 0.25) is 0 Å². The SMILES string of the molecule is O=C(NC1CCC1)c1ccc(-c2cnc3ncc(C4(c5ccc6c(c5)C=CCN6)CC4)n3c2)cc1. The van der Waals surface area contributed by atoms with Crippen molar-refractivity contribution in [2.24, 2.45) is 0 Å². The highest BCUT2D eigenvalue weighted by atomic mass is 16.1. The van der Waals surface area contributed by atoms with Crippen LogP contribution in [0.5, 0.6) is 0 Å². The zero-order valence-electron chi connectivity index (χ0n) is 19.5. The van der Waals surface area contributed by atoms with Crippen LogP contribution in [0.1, 0.15) is 59.3 Å². The molecule has 2 aromatic carbocycles. The Morgan fingerprint density at radius 3 is 2.63 bits per heavy atom. The number of hydrogen-bond donors (Lipinski definition) is 2. The van der Waals surface area contributed by atoms with Crippen LogP contribution in [0.15, 0.2) is 67.1 Å². The average Bonchev–Trinajstić information content (AvgIpc) is 3.58. The first-order valence-corrected chi connectivity index (χ1v) is 12.5. The first-order chi connectivity index (χ1) is 17.2. The van der Waals surface area contributed by atoms with E-state index in [-0.39, 0.29) is 11.3 Å². The molecule has 174 valence electrons. The molecular weight excluding hydrogens is 434 g/mol. The number of rotatable bonds is 5. The van der Waals surface area contributed by atoms with E-state index in [1.165, 1.54) is 28.9 Å². The second kappa shape index (κ2) is 7.80. The molecule has 4 aromatic rings. The lowest BCUT2D eigenvalue weighted by Gasteiger charge is -2.26. The van der Waals surface area contributed by atoms with Crippen LogP contribution >= 0.6 is 0 Å². The fourth-order valence-corrected chi connectivity index (χ4v) is 5.34. The molecule has 2 aromatic heterocycles. The molecule has 0 saturated heterocycles. The minimum atomic E-state index is -0.0243. The molecule has 0 atom stereocenters. The maximum atomic E-state index is 12.5. The lowest BCUT2D eigenvalue weighted by atomic mass is 9.90. The topological polar surface area (TPSA) is 71.3 Å². The van der Waals surface area contributed by atoms with Gasteiger partial charge in [0.25, 0.3) is 5.91 Å². The molecule has 0 spiro atoms. The third-order valence-corrected chi connectivity index (χ3v) is 7.84. The molecule has 6 nitrogen and oxygen atoms in total. The van der Waals surface area contributed by atoms with Gasteiger partial charge in [-0.25, -0.2) is 9.97 Å². The van der Waals surface area contributed by atoms with Crippen LogP contribution in [0, 0.1) is 0 Å². The summed E-state index contributed by atoms with van der Waals surface area (Å²) < 4.78 is 2.15. The van der Waals surface area contributed by atoms with Crippen molar-refractivity contribution in [3.05, 3.63) is 89.5 Å². The maximum Gasteiger partial charge on any atom is 0.251 e. The fraction of sp³-hybridized carbons (Fsp3) is 0.276. The van der Waals surface area contributed by atoms with E-state index in [0.717, 1.165) is 43.4 Å². The number of benzene rings is 2. The van der Waals surface area contributed by atoms with Crippen molar-refractivity contribution < 1.29 is 4.79 Å². The summed E-state index contributed by atoms with van der Waals surface area (Å²) in [6.07, 6.45) is 15.9. The van der Waals surface area contributed by atoms with Crippen LogP contribution in [-0.4, -0.2) is 32.9 Å². The molecule has 0 bridgehead atoms. The summed E-state index contributed by atoms with van der Waals surface area (Å²) in [5.74, 6) is 0.725. The van der Waals surface area contributed by atoms with E-state index >= 15 is 0 Å². The van der Waals surface area contributed by atoms with Crippen molar-refractivity contribution in [2.75, 3.05) is 11.9 Å². The highest BCUT2D eigenvalue weighted by Crippen LogP contribution is 2.54. The molecule has 6 heteroatoms. The summed E-state index contributed by atoms with van der Waals surface area (Å²) in [7, 11) is 0. The number of aromatic nitrogens is 3. The Hall–Kier alpha value is -3.93. The van der Waals surface area contributed by atoms with E-state index in [4.69, 9.17) is 0 Å². The lowest BCUT2D eigenvalue weighted by Crippen LogP contribution is -2.39. The summed E-state index contributed by atoms with van der Waals surface area (Å²) in [6, 6.07) is 14.9. The number of hydrogen-bond acceptors (Lipinski definition) is 4. The highest BCUT2D eigenvalue weighted by molar-refractivity contribution is 5.95. The Balaban J connectivity index is 1.21. The monoisotopic (exact) mass is 461 g/mol. The maximum absolute atomic E-state index is 12.5. The van der Waals surface area contributed by atoms with Gasteiger partial charge in [0, 0.05) is 47.2 Å². The fourth-order valence-electron chi connectivity index (χ4n) is 5.34. The zero-order valence-corrected chi connectivity index (χ0v) is 19.5. The number of carbonyl (C=O) groups is 1. The van der Waals surface area contributed by atoms with Crippen LogP contribution in [-0.2, 0) is 5.41 Å². The van der Waals surface area contributed by atoms with Gasteiger partial charge in [0.1, 0.15) is 0 Å². The van der Waals surface area contributed by atoms with Gasteiger partial charge in [-0.15, -0.1) is 0 Å². The molecule has 7 rings (SSSR count). The van der Waals surface area contributed by atoms with Gasteiger partial charge >= 0.3 is 0 Å². The third-order valence-electron chi connectivity index (χ3n) is 7.84. The first kappa shape index (κ1) is 20.4. The standard InChI is InChI=1S/C29H27N5O/c35-27(33-24-4-1-5-24)20-8-6-19(7-9-20)22-16-31-28-32-17-26(34(28)18-22)29(12-13-29)23-10-11-25-21(15-23)3-2-14-30-25/h2-3,6-11,15-18,24,30H,1,4-5,12-14H2,(H,33,35). The molecule has 2 aliphatic carbocycles. The predicted octanol–water partition coefficient (Wildman–Crippen LogP) is 5.20. The molecule has 2 saturated carbocycles. The molecule has 0 unspecified atom stereocenters. The number of fused-ring (bicyclic) bond motifs is 2. The second-order valence-electron chi connectivity index (χ2n) is 10.0. The van der Waals surface area contributed by atoms with E-state index in [9.17, 15) is 4.79 Å². The molecule has 1 amide bonds. The quantitative estimate of drug-likeness (QED) is 0.429. The van der Waals surface area contributed by atoms with Gasteiger partial charge in [-0.3, -0.25) is 9.20 Å². The van der Waals surface area contributed by atoms with Gasteiger partial charge in [-0.05, 0) is 73.1 Å². The van der Waals surface area contributed by atoms with Gasteiger partial charge in [0.15, 0.2) is 0 Å². The largest absolute Gasteiger partial charge is 0.381 e. The number of amides is 1. The summed E-state index contributed by atoms with van der Waals surface area (Å²) in [6.45, 7) is 0.880. The van der Waals surface area contributed by atoms with Crippen molar-refractivity contribution in [3.8, 4) is 11.1 Å².